The Morgan fingerprint density at radius 3 is 1.21 bits per heavy atom. The Balaban J connectivity index is 0.000000186. The van der Waals surface area contributed by atoms with Crippen LogP contribution in [0, 0.1) is 0 Å². The highest BCUT2D eigenvalue weighted by molar-refractivity contribution is 5.30. The highest BCUT2D eigenvalue weighted by atomic mass is 16.5. The van der Waals surface area contributed by atoms with Crippen LogP contribution < -0.4 is 4.74 Å². The van der Waals surface area contributed by atoms with E-state index >= 15 is 0 Å². The normalized spacial score (nSPS) is 11.6. The van der Waals surface area contributed by atoms with E-state index in [1.165, 1.54) is 25.0 Å². The number of rotatable bonds is 2. The summed E-state index contributed by atoms with van der Waals surface area (Å²) in [4.78, 5) is 0. The van der Waals surface area contributed by atoms with Crippen molar-refractivity contribution in [2.24, 2.45) is 0 Å². The molecule has 1 aliphatic heterocycles. The van der Waals surface area contributed by atoms with E-state index in [2.05, 4.69) is 9.47 Å². The quantitative estimate of drug-likeness (QED) is 0.792. The van der Waals surface area contributed by atoms with E-state index in [-0.39, 0.29) is 0 Å². The van der Waals surface area contributed by atoms with Crippen LogP contribution >= 0.6 is 0 Å². The van der Waals surface area contributed by atoms with Crippen molar-refractivity contribution < 1.29 is 14.2 Å². The molecule has 0 aliphatic carbocycles. The number of benzene rings is 2. The van der Waals surface area contributed by atoms with E-state index in [4.69, 9.17) is 4.74 Å². The van der Waals surface area contributed by atoms with Crippen LogP contribution in [-0.2, 0) is 9.47 Å². The zero-order valence-electron chi connectivity index (χ0n) is 10.3. The molecule has 96 valence electrons. The highest BCUT2D eigenvalue weighted by Crippen LogP contribution is 2.19. The fourth-order valence-electron chi connectivity index (χ4n) is 1.33. The Labute approximate surface area is 112 Å². The van der Waals surface area contributed by atoms with Gasteiger partial charge in [-0.15, -0.1) is 0 Å². The minimum Gasteiger partial charge on any atom is -0.466 e. The summed E-state index contributed by atoms with van der Waals surface area (Å²) in [6, 6.07) is 19.5. The van der Waals surface area contributed by atoms with E-state index in [1.54, 1.807) is 0 Å². The molecule has 3 heteroatoms. The van der Waals surface area contributed by atoms with E-state index < -0.39 is 0 Å². The van der Waals surface area contributed by atoms with Crippen LogP contribution in [-0.4, -0.2) is 0 Å². The first kappa shape index (κ1) is 12.8. The summed E-state index contributed by atoms with van der Waals surface area (Å²) in [7, 11) is 0. The van der Waals surface area contributed by atoms with Crippen molar-refractivity contribution in [1.82, 2.24) is 0 Å². The first-order valence-corrected chi connectivity index (χ1v) is 5.84. The minimum absolute atomic E-state index is 0.869. The van der Waals surface area contributed by atoms with Crippen LogP contribution in [0.15, 0.2) is 85.7 Å². The molecule has 0 unspecified atom stereocenters. The van der Waals surface area contributed by atoms with Crippen molar-refractivity contribution in [3.05, 3.63) is 85.7 Å². The summed E-state index contributed by atoms with van der Waals surface area (Å²) in [5.41, 5.74) is 0. The van der Waals surface area contributed by atoms with Gasteiger partial charge in [-0.2, -0.15) is 0 Å². The summed E-state index contributed by atoms with van der Waals surface area (Å²) in [6.07, 6.45) is 5.83. The maximum Gasteiger partial charge on any atom is 0.127 e. The van der Waals surface area contributed by atoms with Gasteiger partial charge in [-0.1, -0.05) is 36.4 Å². The maximum absolute atomic E-state index is 5.58. The van der Waals surface area contributed by atoms with Crippen LogP contribution in [0.5, 0.6) is 11.5 Å². The van der Waals surface area contributed by atoms with Gasteiger partial charge in [-0.3, -0.25) is 0 Å². The largest absolute Gasteiger partial charge is 0.466 e. The molecule has 0 bridgehead atoms. The fraction of sp³-hybridized carbons (Fsp3) is 0. The molecule has 0 fully saturated rings. The summed E-state index contributed by atoms with van der Waals surface area (Å²) in [6.45, 7) is 0. The summed E-state index contributed by atoms with van der Waals surface area (Å²) in [5, 5.41) is 0. The zero-order valence-corrected chi connectivity index (χ0v) is 10.3. The Hall–Kier alpha value is -2.68. The van der Waals surface area contributed by atoms with Crippen molar-refractivity contribution >= 4 is 0 Å². The number of ether oxygens (including phenoxy) is 3. The van der Waals surface area contributed by atoms with Gasteiger partial charge in [0.05, 0.1) is 0 Å². The van der Waals surface area contributed by atoms with Gasteiger partial charge in [0.1, 0.15) is 36.5 Å². The topological polar surface area (TPSA) is 27.7 Å². The molecule has 0 radical (unpaired) electrons. The van der Waals surface area contributed by atoms with E-state index in [9.17, 15) is 0 Å². The molecule has 1 aliphatic rings. The van der Waals surface area contributed by atoms with Crippen molar-refractivity contribution in [3.8, 4) is 11.5 Å². The second-order valence-electron chi connectivity index (χ2n) is 3.54. The third-order valence-electron chi connectivity index (χ3n) is 2.15. The summed E-state index contributed by atoms with van der Waals surface area (Å²) < 4.78 is 14.7. The average molecular weight is 254 g/mol. The molecule has 0 saturated heterocycles. The first-order valence-electron chi connectivity index (χ1n) is 5.84. The van der Waals surface area contributed by atoms with E-state index in [0.29, 0.717) is 0 Å². The monoisotopic (exact) mass is 254 g/mol. The van der Waals surface area contributed by atoms with Crippen molar-refractivity contribution in [3.63, 3.8) is 0 Å². The third-order valence-corrected chi connectivity index (χ3v) is 2.15. The Morgan fingerprint density at radius 2 is 0.895 bits per heavy atom. The molecule has 0 aromatic heterocycles. The lowest BCUT2D eigenvalue weighted by Gasteiger charge is -2.03. The molecule has 2 aromatic carbocycles. The highest BCUT2D eigenvalue weighted by Gasteiger charge is 1.92. The van der Waals surface area contributed by atoms with Gasteiger partial charge >= 0.3 is 0 Å². The van der Waals surface area contributed by atoms with Gasteiger partial charge in [-0.05, 0) is 24.3 Å². The number of hydrogen-bond acceptors (Lipinski definition) is 3. The molecule has 19 heavy (non-hydrogen) atoms. The molecular weight excluding hydrogens is 240 g/mol. The number of para-hydroxylation sites is 2. The van der Waals surface area contributed by atoms with Gasteiger partial charge < -0.3 is 14.2 Å². The Kier molecular flexibility index (Phi) is 5.11. The lowest BCUT2D eigenvalue weighted by molar-refractivity contribution is 0.290. The van der Waals surface area contributed by atoms with Crippen LogP contribution in [0.3, 0.4) is 0 Å². The van der Waals surface area contributed by atoms with Gasteiger partial charge in [0, 0.05) is 0 Å². The molecule has 3 nitrogen and oxygen atoms in total. The third kappa shape index (κ3) is 5.00. The van der Waals surface area contributed by atoms with Crippen LogP contribution in [0.25, 0.3) is 0 Å². The molecule has 0 atom stereocenters. The van der Waals surface area contributed by atoms with Crippen LogP contribution in [0.4, 0.5) is 0 Å². The molecule has 0 spiro atoms. The van der Waals surface area contributed by atoms with Gasteiger partial charge in [0.25, 0.3) is 0 Å². The molecule has 0 N–H and O–H groups in total. The van der Waals surface area contributed by atoms with Crippen molar-refractivity contribution in [1.29, 1.82) is 0 Å². The Bertz CT molecular complexity index is 461. The van der Waals surface area contributed by atoms with E-state index in [0.717, 1.165) is 11.5 Å². The molecule has 3 rings (SSSR count). The predicted molar refractivity (Wildman–Crippen MR) is 73.4 cm³/mol. The van der Waals surface area contributed by atoms with Crippen molar-refractivity contribution in [2.75, 3.05) is 0 Å². The van der Waals surface area contributed by atoms with Gasteiger partial charge in [0.15, 0.2) is 0 Å². The van der Waals surface area contributed by atoms with E-state index in [1.807, 2.05) is 60.7 Å². The van der Waals surface area contributed by atoms with Gasteiger partial charge in [0.2, 0.25) is 0 Å². The molecule has 2 aromatic rings. The van der Waals surface area contributed by atoms with Crippen molar-refractivity contribution in [2.45, 2.75) is 0 Å². The Morgan fingerprint density at radius 1 is 0.526 bits per heavy atom. The smallest absolute Gasteiger partial charge is 0.127 e. The summed E-state index contributed by atoms with van der Waals surface area (Å²) in [5.74, 6) is 1.74. The molecule has 0 saturated carbocycles. The lowest BCUT2D eigenvalue weighted by Crippen LogP contribution is -1.81. The lowest BCUT2D eigenvalue weighted by atomic mass is 10.3. The predicted octanol–water partition coefficient (Wildman–Crippen LogP) is 4.45. The first-order chi connectivity index (χ1) is 9.45. The number of hydrogen-bond donors (Lipinski definition) is 0. The fourth-order valence-corrected chi connectivity index (χ4v) is 1.33. The SMILES string of the molecule is C1=COC=CO1.c1ccc(Oc2ccccc2)cc1. The molecule has 1 heterocycles. The summed E-state index contributed by atoms with van der Waals surface area (Å²) >= 11 is 0. The van der Waals surface area contributed by atoms with Crippen LogP contribution in [0.2, 0.25) is 0 Å². The van der Waals surface area contributed by atoms with Gasteiger partial charge in [-0.25, -0.2) is 0 Å². The maximum atomic E-state index is 5.58. The zero-order chi connectivity index (χ0) is 13.2. The van der Waals surface area contributed by atoms with Crippen LogP contribution in [0.1, 0.15) is 0 Å². The minimum atomic E-state index is 0.869. The standard InChI is InChI=1S/C12H10O.C4H4O2/c1-3-7-11(8-4-1)13-12-9-5-2-6-10-12;1-2-6-4-3-5-1/h1-10H;1-4H. The molecular formula is C16H14O3. The average Bonchev–Trinajstić information content (AvgIpc) is 2.52. The second kappa shape index (κ2) is 7.61. The molecule has 0 amide bonds. The second-order valence-corrected chi connectivity index (χ2v) is 3.54.